The van der Waals surface area contributed by atoms with E-state index in [0.717, 1.165) is 12.1 Å². The van der Waals surface area contributed by atoms with E-state index in [1.807, 2.05) is 0 Å². The van der Waals surface area contributed by atoms with Gasteiger partial charge in [-0.25, -0.2) is 13.8 Å². The number of nitrogens with zero attached hydrogens (tertiary/aromatic N) is 5. The van der Waals surface area contributed by atoms with Crippen molar-refractivity contribution in [2.24, 2.45) is 0 Å². The monoisotopic (exact) mass is 470 g/mol. The Balaban J connectivity index is 0.00000274. The first-order valence-electron chi connectivity index (χ1n) is 9.80. The average molecular weight is 470 g/mol. The molecule has 0 saturated heterocycles. The van der Waals surface area contributed by atoms with Gasteiger partial charge in [-0.1, -0.05) is 13.5 Å². The molecule has 5 rings (SSSR count). The van der Waals surface area contributed by atoms with E-state index >= 15 is 0 Å². The van der Waals surface area contributed by atoms with Gasteiger partial charge in [0.1, 0.15) is 46.9 Å². The molecule has 13 heteroatoms. The number of fused-ring (bicyclic) bond motifs is 2. The lowest BCUT2D eigenvalue weighted by atomic mass is 10.1. The number of aromatic nitrogens is 6. The number of likely N-dealkylation sites (N-methyl/N-ethyl adjacent to an activating group) is 1. The van der Waals surface area contributed by atoms with Gasteiger partial charge >= 0.3 is 0 Å². The Hall–Kier alpha value is -4.42. The average Bonchev–Trinajstić information content (AvgIpc) is 3.44. The molecule has 3 heterocycles. The summed E-state index contributed by atoms with van der Waals surface area (Å²) in [5, 5.41) is 19.3. The first-order valence-corrected chi connectivity index (χ1v) is 9.80. The normalized spacial score (nSPS) is 15.3. The second kappa shape index (κ2) is 8.84. The predicted molar refractivity (Wildman–Crippen MR) is 116 cm³/mol. The quantitative estimate of drug-likeness (QED) is 0.412. The summed E-state index contributed by atoms with van der Waals surface area (Å²) in [6, 6.07) is 5.78. The maximum Gasteiger partial charge on any atom is 0.291 e. The zero-order valence-corrected chi connectivity index (χ0v) is 17.1. The summed E-state index contributed by atoms with van der Waals surface area (Å²) in [7, 11) is 1.55. The van der Waals surface area contributed by atoms with Crippen molar-refractivity contribution in [1.82, 2.24) is 35.9 Å². The maximum absolute atomic E-state index is 13.9. The minimum absolute atomic E-state index is 0. The van der Waals surface area contributed by atoms with Crippen molar-refractivity contribution in [3.05, 3.63) is 59.2 Å². The summed E-state index contributed by atoms with van der Waals surface area (Å²) in [4.78, 5) is 30.9. The number of H-pyrrole nitrogens is 2. The van der Waals surface area contributed by atoms with Gasteiger partial charge in [-0.15, -0.1) is 5.10 Å². The molecular weight excluding hydrogens is 450 g/mol. The second-order valence-electron chi connectivity index (χ2n) is 7.35. The summed E-state index contributed by atoms with van der Waals surface area (Å²) in [6.07, 6.45) is -0.224. The van der Waals surface area contributed by atoms with Crippen LogP contribution in [0.2, 0.25) is 0 Å². The van der Waals surface area contributed by atoms with Gasteiger partial charge in [-0.3, -0.25) is 14.7 Å². The Labute approximate surface area is 191 Å². The van der Waals surface area contributed by atoms with Gasteiger partial charge in [0.05, 0.1) is 5.69 Å². The summed E-state index contributed by atoms with van der Waals surface area (Å²) in [6.45, 7) is -0.136. The molecular formula is C21H20F2N8O3. The highest BCUT2D eigenvalue weighted by Crippen LogP contribution is 2.33. The summed E-state index contributed by atoms with van der Waals surface area (Å²) >= 11 is 0. The standard InChI is InChI=1S/C20H16F2N8O3.CH4/c1-30-15-6-12-13(26-29-25-12)7-16(15)33-8-14(20(30)32)23-19(31)18-24-17(27-28-18)5-9-10(21)3-2-4-11(9)22;/h2-4,6-7,14H,5,8H2,1H3,(H,23,31)(H,24,27,28)(H,25,26,29);1H4/t14-;/m0./s1. The van der Waals surface area contributed by atoms with Crippen molar-refractivity contribution < 1.29 is 23.1 Å². The summed E-state index contributed by atoms with van der Waals surface area (Å²) < 4.78 is 33.5. The molecule has 0 fully saturated rings. The fourth-order valence-electron chi connectivity index (χ4n) is 3.50. The van der Waals surface area contributed by atoms with E-state index in [1.165, 1.54) is 11.0 Å². The molecule has 2 aromatic heterocycles. The first kappa shape index (κ1) is 22.8. The molecule has 0 saturated carbocycles. The smallest absolute Gasteiger partial charge is 0.291 e. The van der Waals surface area contributed by atoms with Crippen LogP contribution in [0.25, 0.3) is 11.0 Å². The molecule has 0 aliphatic carbocycles. The zero-order chi connectivity index (χ0) is 23.1. The third kappa shape index (κ3) is 4.02. The van der Waals surface area contributed by atoms with E-state index in [4.69, 9.17) is 4.74 Å². The minimum Gasteiger partial charge on any atom is -0.489 e. The molecule has 3 N–H and O–H groups in total. The van der Waals surface area contributed by atoms with Gasteiger partial charge in [0.25, 0.3) is 11.8 Å². The Morgan fingerprint density at radius 3 is 2.65 bits per heavy atom. The lowest BCUT2D eigenvalue weighted by Crippen LogP contribution is -2.49. The zero-order valence-electron chi connectivity index (χ0n) is 17.1. The SMILES string of the molecule is C.CN1C(=O)[C@@H](NC(=O)c2n[nH]c(Cc3c(F)cccc3F)n2)COc2cc3n[nH]nc3cc21. The van der Waals surface area contributed by atoms with Crippen molar-refractivity contribution >= 4 is 28.5 Å². The van der Waals surface area contributed by atoms with Gasteiger partial charge in [-0.2, -0.15) is 15.4 Å². The molecule has 1 aliphatic heterocycles. The molecule has 2 aromatic carbocycles. The Bertz CT molecular complexity index is 1370. The number of nitrogens with one attached hydrogen (secondary N) is 3. The third-order valence-electron chi connectivity index (χ3n) is 5.24. The first-order chi connectivity index (χ1) is 15.9. The third-order valence-corrected chi connectivity index (χ3v) is 5.24. The van der Waals surface area contributed by atoms with E-state index < -0.39 is 29.5 Å². The maximum atomic E-state index is 13.9. The van der Waals surface area contributed by atoms with Crippen molar-refractivity contribution in [3.8, 4) is 5.75 Å². The van der Waals surface area contributed by atoms with Crippen LogP contribution in [0.3, 0.4) is 0 Å². The molecule has 176 valence electrons. The molecule has 11 nitrogen and oxygen atoms in total. The fraction of sp³-hybridized carbons (Fsp3) is 0.238. The van der Waals surface area contributed by atoms with Crippen LogP contribution in [0, 0.1) is 11.6 Å². The molecule has 2 amide bonds. The van der Waals surface area contributed by atoms with E-state index in [0.29, 0.717) is 22.5 Å². The van der Waals surface area contributed by atoms with Crippen LogP contribution < -0.4 is 15.0 Å². The number of anilines is 1. The minimum atomic E-state index is -1.03. The molecule has 0 spiro atoms. The van der Waals surface area contributed by atoms with Crippen LogP contribution in [-0.4, -0.2) is 62.1 Å². The number of carbonyl (C=O) groups excluding carboxylic acids is 2. The van der Waals surface area contributed by atoms with Gasteiger partial charge in [0.2, 0.25) is 5.82 Å². The number of rotatable bonds is 4. The van der Waals surface area contributed by atoms with Crippen molar-refractivity contribution in [2.45, 2.75) is 19.9 Å². The van der Waals surface area contributed by atoms with E-state index in [1.54, 1.807) is 19.2 Å². The van der Waals surface area contributed by atoms with Gasteiger partial charge in [0.15, 0.2) is 0 Å². The van der Waals surface area contributed by atoms with Crippen LogP contribution in [-0.2, 0) is 11.2 Å². The second-order valence-corrected chi connectivity index (χ2v) is 7.35. The van der Waals surface area contributed by atoms with E-state index in [2.05, 4.69) is 35.9 Å². The summed E-state index contributed by atoms with van der Waals surface area (Å²) in [5.74, 6) is -2.41. The van der Waals surface area contributed by atoms with Gasteiger partial charge in [0, 0.05) is 25.1 Å². The van der Waals surface area contributed by atoms with Gasteiger partial charge < -0.3 is 15.0 Å². The lowest BCUT2D eigenvalue weighted by Gasteiger charge is -2.19. The Morgan fingerprint density at radius 1 is 1.21 bits per heavy atom. The number of halogens is 2. The number of carbonyl (C=O) groups is 2. The van der Waals surface area contributed by atoms with Crippen LogP contribution in [0.5, 0.6) is 5.75 Å². The number of hydrogen-bond donors (Lipinski definition) is 3. The highest BCUT2D eigenvalue weighted by atomic mass is 19.1. The number of benzene rings is 2. The Morgan fingerprint density at radius 2 is 1.91 bits per heavy atom. The molecule has 0 bridgehead atoms. The van der Waals surface area contributed by atoms with Gasteiger partial charge in [-0.05, 0) is 18.2 Å². The van der Waals surface area contributed by atoms with Crippen LogP contribution >= 0.6 is 0 Å². The van der Waals surface area contributed by atoms with E-state index in [-0.39, 0.29) is 37.7 Å². The number of aromatic amines is 2. The number of hydrogen-bond acceptors (Lipinski definition) is 7. The van der Waals surface area contributed by atoms with Crippen LogP contribution in [0.15, 0.2) is 30.3 Å². The number of amides is 2. The topological polar surface area (TPSA) is 142 Å². The number of ether oxygens (including phenoxy) is 1. The lowest BCUT2D eigenvalue weighted by molar-refractivity contribution is -0.120. The predicted octanol–water partition coefficient (Wildman–Crippen LogP) is 1.73. The molecule has 34 heavy (non-hydrogen) atoms. The van der Waals surface area contributed by atoms with Crippen LogP contribution in [0.4, 0.5) is 14.5 Å². The molecule has 0 unspecified atom stereocenters. The van der Waals surface area contributed by atoms with E-state index in [9.17, 15) is 18.4 Å². The molecule has 1 aliphatic rings. The van der Waals surface area contributed by atoms with Crippen molar-refractivity contribution in [1.29, 1.82) is 0 Å². The molecule has 4 aromatic rings. The van der Waals surface area contributed by atoms with Crippen molar-refractivity contribution in [2.75, 3.05) is 18.6 Å². The summed E-state index contributed by atoms with van der Waals surface area (Å²) in [5.41, 5.74) is 1.40. The Kier molecular flexibility index (Phi) is 5.92. The highest BCUT2D eigenvalue weighted by molar-refractivity contribution is 6.03. The van der Waals surface area contributed by atoms with Crippen LogP contribution in [0.1, 0.15) is 29.4 Å². The highest BCUT2D eigenvalue weighted by Gasteiger charge is 2.32. The molecule has 0 radical (unpaired) electrons. The molecule has 1 atom stereocenters. The largest absolute Gasteiger partial charge is 0.489 e. The fourth-order valence-corrected chi connectivity index (χ4v) is 3.50. The van der Waals surface area contributed by atoms with Crippen molar-refractivity contribution in [3.63, 3.8) is 0 Å².